The summed E-state index contributed by atoms with van der Waals surface area (Å²) < 4.78 is 30.1. The lowest BCUT2D eigenvalue weighted by Crippen LogP contribution is -2.55. The van der Waals surface area contributed by atoms with Gasteiger partial charge in [0, 0.05) is 31.1 Å². The second-order valence-electron chi connectivity index (χ2n) is 8.03. The van der Waals surface area contributed by atoms with E-state index in [1.165, 1.54) is 12.1 Å². The van der Waals surface area contributed by atoms with Crippen molar-refractivity contribution in [2.24, 2.45) is 5.41 Å². The molecule has 0 unspecified atom stereocenters. The maximum absolute atomic E-state index is 12.5. The Morgan fingerprint density at radius 3 is 2.44 bits per heavy atom. The Morgan fingerprint density at radius 1 is 1.19 bits per heavy atom. The van der Waals surface area contributed by atoms with Gasteiger partial charge in [-0.2, -0.15) is 0 Å². The van der Waals surface area contributed by atoms with E-state index in [0.717, 1.165) is 0 Å². The Labute approximate surface area is 160 Å². The molecule has 0 aliphatic carbocycles. The smallest absolute Gasteiger partial charge is 0.410 e. The molecule has 0 aromatic heterocycles. The second kappa shape index (κ2) is 7.50. The molecule has 148 valence electrons. The quantitative estimate of drug-likeness (QED) is 0.779. The summed E-state index contributed by atoms with van der Waals surface area (Å²) in [4.78, 5) is 28.1. The lowest BCUT2D eigenvalue weighted by atomic mass is 9.91. The van der Waals surface area contributed by atoms with E-state index < -0.39 is 15.6 Å². The number of likely N-dealkylation sites (tertiary alicyclic amines) is 1. The molecule has 27 heavy (non-hydrogen) atoms. The molecular weight excluding hydrogens is 368 g/mol. The Bertz CT molecular complexity index is 799. The van der Waals surface area contributed by atoms with Crippen LogP contribution in [0.25, 0.3) is 0 Å². The molecule has 8 heteroatoms. The van der Waals surface area contributed by atoms with Crippen molar-refractivity contribution in [1.29, 1.82) is 0 Å². The molecule has 2 fully saturated rings. The van der Waals surface area contributed by atoms with Gasteiger partial charge in [0.1, 0.15) is 5.75 Å². The van der Waals surface area contributed by atoms with Crippen LogP contribution in [-0.4, -0.2) is 68.3 Å². The molecule has 0 N–H and O–H groups in total. The molecule has 0 atom stereocenters. The highest BCUT2D eigenvalue weighted by molar-refractivity contribution is 7.92. The van der Waals surface area contributed by atoms with Crippen LogP contribution in [0.3, 0.4) is 0 Å². The zero-order valence-corrected chi connectivity index (χ0v) is 16.6. The molecule has 2 heterocycles. The average Bonchev–Trinajstić information content (AvgIpc) is 2.64. The molecule has 2 saturated heterocycles. The van der Waals surface area contributed by atoms with E-state index in [-0.39, 0.29) is 28.4 Å². The summed E-state index contributed by atoms with van der Waals surface area (Å²) in [7, 11) is -3.64. The Balaban J connectivity index is 1.57. The van der Waals surface area contributed by atoms with E-state index in [9.17, 15) is 18.0 Å². The number of carbonyl (C=O) groups excluding carboxylic acids is 2. The van der Waals surface area contributed by atoms with Gasteiger partial charge in [0.2, 0.25) is 5.91 Å². The first-order chi connectivity index (χ1) is 12.7. The Hall–Kier alpha value is -2.09. The number of rotatable bonds is 4. The van der Waals surface area contributed by atoms with Crippen LogP contribution < -0.4 is 0 Å². The minimum absolute atomic E-state index is 0.0202. The summed E-state index contributed by atoms with van der Waals surface area (Å²) in [5.74, 6) is -0.917. The number of cyclic esters (lactones) is 1. The highest BCUT2D eigenvalue weighted by Gasteiger charge is 2.38. The maximum Gasteiger partial charge on any atom is 0.410 e. The number of hydrogen-bond donors (Lipinski definition) is 0. The molecule has 1 aromatic carbocycles. The van der Waals surface area contributed by atoms with Gasteiger partial charge < -0.3 is 14.5 Å². The number of nitrogens with zero attached hydrogens (tertiary/aromatic N) is 2. The number of benzene rings is 1. The summed E-state index contributed by atoms with van der Waals surface area (Å²) in [6, 6.07) is 8.03. The fourth-order valence-corrected chi connectivity index (χ4v) is 4.83. The molecule has 0 spiro atoms. The zero-order valence-electron chi connectivity index (χ0n) is 15.8. The summed E-state index contributed by atoms with van der Waals surface area (Å²) in [6.07, 6.45) is 0.954. The SMILES string of the molecule is CC1(C)COC(=O)N(C2CCN(C(=O)CS(=O)(=O)c3ccccc3)CC2)C1. The van der Waals surface area contributed by atoms with Gasteiger partial charge >= 0.3 is 6.09 Å². The van der Waals surface area contributed by atoms with E-state index in [1.54, 1.807) is 28.0 Å². The third-order valence-electron chi connectivity index (χ3n) is 5.09. The first-order valence-electron chi connectivity index (χ1n) is 9.17. The van der Waals surface area contributed by atoms with Gasteiger partial charge in [-0.05, 0) is 25.0 Å². The number of ether oxygens (including phenoxy) is 1. The van der Waals surface area contributed by atoms with Crippen molar-refractivity contribution in [3.8, 4) is 0 Å². The van der Waals surface area contributed by atoms with Crippen LogP contribution in [0, 0.1) is 5.41 Å². The normalized spacial score (nSPS) is 21.0. The minimum Gasteiger partial charge on any atom is -0.449 e. The third-order valence-corrected chi connectivity index (χ3v) is 6.71. The van der Waals surface area contributed by atoms with E-state index in [0.29, 0.717) is 39.1 Å². The minimum atomic E-state index is -3.64. The van der Waals surface area contributed by atoms with Gasteiger partial charge in [-0.25, -0.2) is 13.2 Å². The average molecular weight is 394 g/mol. The lowest BCUT2D eigenvalue weighted by molar-refractivity contribution is -0.130. The standard InChI is InChI=1S/C19H26N2O5S/c1-19(2)13-21(18(23)26-14-19)15-8-10-20(11-9-15)17(22)12-27(24,25)16-6-4-3-5-7-16/h3-7,15H,8-14H2,1-2H3. The van der Waals surface area contributed by atoms with Gasteiger partial charge in [-0.15, -0.1) is 0 Å². The van der Waals surface area contributed by atoms with Crippen LogP contribution >= 0.6 is 0 Å². The van der Waals surface area contributed by atoms with Crippen LogP contribution in [0.15, 0.2) is 35.2 Å². The van der Waals surface area contributed by atoms with E-state index >= 15 is 0 Å². The predicted octanol–water partition coefficient (Wildman–Crippen LogP) is 1.93. The monoisotopic (exact) mass is 394 g/mol. The molecule has 2 amide bonds. The van der Waals surface area contributed by atoms with E-state index in [1.807, 2.05) is 0 Å². The molecule has 1 aromatic rings. The number of sulfone groups is 1. The first kappa shape index (κ1) is 19.7. The van der Waals surface area contributed by atoms with Gasteiger partial charge in [-0.3, -0.25) is 4.79 Å². The fraction of sp³-hybridized carbons (Fsp3) is 0.579. The Morgan fingerprint density at radius 2 is 1.81 bits per heavy atom. The van der Waals surface area contributed by atoms with E-state index in [2.05, 4.69) is 13.8 Å². The molecule has 3 rings (SSSR count). The van der Waals surface area contributed by atoms with Crippen molar-refractivity contribution in [3.05, 3.63) is 30.3 Å². The first-order valence-corrected chi connectivity index (χ1v) is 10.8. The number of piperidine rings is 1. The molecule has 2 aliphatic rings. The molecule has 0 saturated carbocycles. The van der Waals surface area contributed by atoms with Crippen LogP contribution in [0.4, 0.5) is 4.79 Å². The van der Waals surface area contributed by atoms with Gasteiger partial charge in [0.25, 0.3) is 0 Å². The van der Waals surface area contributed by atoms with Crippen molar-refractivity contribution < 1.29 is 22.7 Å². The van der Waals surface area contributed by atoms with Gasteiger partial charge in [0.05, 0.1) is 11.5 Å². The lowest BCUT2D eigenvalue weighted by Gasteiger charge is -2.44. The molecule has 0 radical (unpaired) electrons. The second-order valence-corrected chi connectivity index (χ2v) is 10.0. The molecule has 0 bridgehead atoms. The number of carbonyl (C=O) groups is 2. The molecule has 2 aliphatic heterocycles. The maximum atomic E-state index is 12.5. The summed E-state index contributed by atoms with van der Waals surface area (Å²) in [5, 5.41) is 0. The van der Waals surface area contributed by atoms with Crippen molar-refractivity contribution in [2.75, 3.05) is 32.0 Å². The van der Waals surface area contributed by atoms with Crippen LogP contribution in [0.2, 0.25) is 0 Å². The number of hydrogen-bond acceptors (Lipinski definition) is 5. The van der Waals surface area contributed by atoms with Crippen LogP contribution in [-0.2, 0) is 19.4 Å². The molecule has 7 nitrogen and oxygen atoms in total. The zero-order chi connectivity index (χ0) is 19.7. The largest absolute Gasteiger partial charge is 0.449 e. The van der Waals surface area contributed by atoms with Crippen molar-refractivity contribution >= 4 is 21.8 Å². The van der Waals surface area contributed by atoms with Gasteiger partial charge in [0.15, 0.2) is 9.84 Å². The highest BCUT2D eigenvalue weighted by Crippen LogP contribution is 2.28. The topological polar surface area (TPSA) is 84.0 Å². The summed E-state index contributed by atoms with van der Waals surface area (Å²) in [5.41, 5.74) is -0.0926. The third kappa shape index (κ3) is 4.61. The van der Waals surface area contributed by atoms with Crippen molar-refractivity contribution in [1.82, 2.24) is 9.80 Å². The van der Waals surface area contributed by atoms with Crippen LogP contribution in [0.5, 0.6) is 0 Å². The van der Waals surface area contributed by atoms with Crippen molar-refractivity contribution in [3.63, 3.8) is 0 Å². The van der Waals surface area contributed by atoms with Crippen LogP contribution in [0.1, 0.15) is 26.7 Å². The fourth-order valence-electron chi connectivity index (χ4n) is 3.58. The highest BCUT2D eigenvalue weighted by atomic mass is 32.2. The van der Waals surface area contributed by atoms with E-state index in [4.69, 9.17) is 4.74 Å². The molecular formula is C19H26N2O5S. The summed E-state index contributed by atoms with van der Waals surface area (Å²) >= 11 is 0. The summed E-state index contributed by atoms with van der Waals surface area (Å²) in [6.45, 7) is 6.04. The number of amides is 2. The predicted molar refractivity (Wildman–Crippen MR) is 99.9 cm³/mol. The van der Waals surface area contributed by atoms with Crippen molar-refractivity contribution in [2.45, 2.75) is 37.6 Å². The van der Waals surface area contributed by atoms with Gasteiger partial charge in [-0.1, -0.05) is 32.0 Å². The Kier molecular flexibility index (Phi) is 5.46.